The molecule has 0 atom stereocenters. The number of ether oxygens (including phenoxy) is 1. The van der Waals surface area contributed by atoms with Gasteiger partial charge in [-0.05, 0) is 48.7 Å². The monoisotopic (exact) mass is 367 g/mol. The Morgan fingerprint density at radius 2 is 1.67 bits per heavy atom. The van der Waals surface area contributed by atoms with Crippen molar-refractivity contribution in [2.24, 2.45) is 0 Å². The first-order valence-corrected chi connectivity index (χ1v) is 9.49. The van der Waals surface area contributed by atoms with E-state index in [2.05, 4.69) is 40.2 Å². The minimum absolute atomic E-state index is 0.0623. The van der Waals surface area contributed by atoms with Crippen LogP contribution in [0.1, 0.15) is 16.7 Å². The molecule has 1 saturated heterocycles. The van der Waals surface area contributed by atoms with Gasteiger partial charge in [-0.1, -0.05) is 24.3 Å². The van der Waals surface area contributed by atoms with Crippen LogP contribution < -0.4 is 10.1 Å². The Balaban J connectivity index is 1.44. The number of carbonyl (C=O) groups excluding carboxylic acids is 1. The number of benzene rings is 2. The summed E-state index contributed by atoms with van der Waals surface area (Å²) in [5.74, 6) is 0.950. The molecule has 1 heterocycles. The highest BCUT2D eigenvalue weighted by molar-refractivity contribution is 5.93. The quantitative estimate of drug-likeness (QED) is 0.852. The lowest BCUT2D eigenvalue weighted by atomic mass is 10.1. The molecule has 144 valence electrons. The summed E-state index contributed by atoms with van der Waals surface area (Å²) in [7, 11) is 1.69. The molecule has 0 aromatic heterocycles. The van der Waals surface area contributed by atoms with Crippen molar-refractivity contribution in [2.45, 2.75) is 20.4 Å². The van der Waals surface area contributed by atoms with E-state index in [1.54, 1.807) is 7.11 Å². The molecular weight excluding hydrogens is 338 g/mol. The van der Waals surface area contributed by atoms with Crippen molar-refractivity contribution < 1.29 is 9.53 Å². The summed E-state index contributed by atoms with van der Waals surface area (Å²) in [4.78, 5) is 17.1. The van der Waals surface area contributed by atoms with Gasteiger partial charge in [-0.15, -0.1) is 0 Å². The van der Waals surface area contributed by atoms with Crippen molar-refractivity contribution in [3.05, 3.63) is 59.2 Å². The summed E-state index contributed by atoms with van der Waals surface area (Å²) in [5.41, 5.74) is 4.53. The van der Waals surface area contributed by atoms with Gasteiger partial charge in [0.15, 0.2) is 0 Å². The average molecular weight is 367 g/mol. The fourth-order valence-corrected chi connectivity index (χ4v) is 3.37. The summed E-state index contributed by atoms with van der Waals surface area (Å²) in [6, 6.07) is 14.2. The van der Waals surface area contributed by atoms with Crippen molar-refractivity contribution in [3.8, 4) is 5.75 Å². The number of anilines is 1. The summed E-state index contributed by atoms with van der Waals surface area (Å²) in [5, 5.41) is 3.05. The van der Waals surface area contributed by atoms with Crippen LogP contribution in [0, 0.1) is 13.8 Å². The van der Waals surface area contributed by atoms with Crippen LogP contribution in [0.4, 0.5) is 5.69 Å². The maximum atomic E-state index is 12.4. The first-order valence-electron chi connectivity index (χ1n) is 9.49. The van der Waals surface area contributed by atoms with E-state index in [9.17, 15) is 4.79 Å². The smallest absolute Gasteiger partial charge is 0.238 e. The zero-order valence-corrected chi connectivity index (χ0v) is 16.5. The Bertz CT molecular complexity index is 766. The molecule has 1 fully saturated rings. The Morgan fingerprint density at radius 1 is 1.00 bits per heavy atom. The molecule has 27 heavy (non-hydrogen) atoms. The number of rotatable bonds is 6. The van der Waals surface area contributed by atoms with Crippen LogP contribution >= 0.6 is 0 Å². The maximum absolute atomic E-state index is 12.4. The molecular formula is C22H29N3O2. The third-order valence-corrected chi connectivity index (χ3v) is 5.28. The molecule has 1 N–H and O–H groups in total. The third kappa shape index (κ3) is 5.31. The minimum atomic E-state index is 0.0623. The Morgan fingerprint density at radius 3 is 2.33 bits per heavy atom. The second-order valence-electron chi connectivity index (χ2n) is 7.20. The number of carbonyl (C=O) groups is 1. The van der Waals surface area contributed by atoms with Gasteiger partial charge in [-0.25, -0.2) is 0 Å². The number of aryl methyl sites for hydroxylation is 1. The van der Waals surface area contributed by atoms with E-state index in [0.29, 0.717) is 6.54 Å². The lowest BCUT2D eigenvalue weighted by molar-refractivity contribution is -0.117. The van der Waals surface area contributed by atoms with Crippen LogP contribution in [0.5, 0.6) is 5.75 Å². The van der Waals surface area contributed by atoms with Crippen LogP contribution in [0.25, 0.3) is 0 Å². The molecule has 0 bridgehead atoms. The van der Waals surface area contributed by atoms with E-state index in [1.165, 1.54) is 11.1 Å². The van der Waals surface area contributed by atoms with Crippen LogP contribution in [0.3, 0.4) is 0 Å². The Hall–Kier alpha value is -2.37. The Labute approximate surface area is 161 Å². The predicted molar refractivity (Wildman–Crippen MR) is 109 cm³/mol. The van der Waals surface area contributed by atoms with Gasteiger partial charge >= 0.3 is 0 Å². The predicted octanol–water partition coefficient (Wildman–Crippen LogP) is 3.07. The van der Waals surface area contributed by atoms with E-state index in [0.717, 1.165) is 49.7 Å². The van der Waals surface area contributed by atoms with Crippen molar-refractivity contribution in [2.75, 3.05) is 45.2 Å². The molecule has 1 amide bonds. The molecule has 0 unspecified atom stereocenters. The summed E-state index contributed by atoms with van der Waals surface area (Å²) < 4.78 is 5.21. The largest absolute Gasteiger partial charge is 0.497 e. The number of hydrogen-bond acceptors (Lipinski definition) is 4. The molecule has 2 aromatic rings. The van der Waals surface area contributed by atoms with E-state index < -0.39 is 0 Å². The van der Waals surface area contributed by atoms with Crippen molar-refractivity contribution in [1.82, 2.24) is 9.80 Å². The number of hydrogen-bond donors (Lipinski definition) is 1. The molecule has 1 aliphatic rings. The maximum Gasteiger partial charge on any atom is 0.238 e. The van der Waals surface area contributed by atoms with Crippen LogP contribution in [-0.2, 0) is 11.3 Å². The molecule has 2 aromatic carbocycles. The number of methoxy groups -OCH3 is 1. The zero-order chi connectivity index (χ0) is 19.2. The summed E-state index contributed by atoms with van der Waals surface area (Å²) in [6.07, 6.45) is 0. The lowest BCUT2D eigenvalue weighted by Crippen LogP contribution is -2.48. The molecule has 5 nitrogen and oxygen atoms in total. The molecule has 0 saturated carbocycles. The van der Waals surface area contributed by atoms with Gasteiger partial charge in [0, 0.05) is 38.4 Å². The molecule has 3 rings (SSSR count). The molecule has 5 heteroatoms. The van der Waals surface area contributed by atoms with Crippen LogP contribution in [0.2, 0.25) is 0 Å². The summed E-state index contributed by atoms with van der Waals surface area (Å²) in [6.45, 7) is 9.27. The highest BCUT2D eigenvalue weighted by atomic mass is 16.5. The second-order valence-corrected chi connectivity index (χ2v) is 7.20. The number of amides is 1. The van der Waals surface area contributed by atoms with Gasteiger partial charge in [0.1, 0.15) is 5.75 Å². The van der Waals surface area contributed by atoms with Gasteiger partial charge in [0.05, 0.1) is 13.7 Å². The van der Waals surface area contributed by atoms with Crippen LogP contribution in [-0.4, -0.2) is 55.5 Å². The number of nitrogens with one attached hydrogen (secondary N) is 1. The average Bonchev–Trinajstić information content (AvgIpc) is 2.67. The van der Waals surface area contributed by atoms with E-state index in [1.807, 2.05) is 31.2 Å². The molecule has 0 aliphatic carbocycles. The lowest BCUT2D eigenvalue weighted by Gasteiger charge is -2.34. The highest BCUT2D eigenvalue weighted by Gasteiger charge is 2.19. The first-order chi connectivity index (χ1) is 13.0. The number of nitrogens with zero attached hydrogens (tertiary/aromatic N) is 2. The minimum Gasteiger partial charge on any atom is -0.497 e. The zero-order valence-electron chi connectivity index (χ0n) is 16.5. The van der Waals surface area contributed by atoms with Crippen molar-refractivity contribution in [1.29, 1.82) is 0 Å². The van der Waals surface area contributed by atoms with Gasteiger partial charge in [0.25, 0.3) is 0 Å². The topological polar surface area (TPSA) is 44.8 Å². The van der Waals surface area contributed by atoms with E-state index in [4.69, 9.17) is 4.74 Å². The molecule has 0 radical (unpaired) electrons. The Kier molecular flexibility index (Phi) is 6.48. The highest BCUT2D eigenvalue weighted by Crippen LogP contribution is 2.18. The van der Waals surface area contributed by atoms with Gasteiger partial charge in [-0.3, -0.25) is 14.6 Å². The van der Waals surface area contributed by atoms with Gasteiger partial charge in [-0.2, -0.15) is 0 Å². The first kappa shape index (κ1) is 19.4. The normalized spacial score (nSPS) is 15.5. The standard InChI is InChI=1S/C22H29N3O2/c1-17-5-4-6-21(18(17)2)23-22(26)16-25-13-11-24(12-14-25)15-19-7-9-20(27-3)10-8-19/h4-10H,11-16H2,1-3H3,(H,23,26). The SMILES string of the molecule is COc1ccc(CN2CCN(CC(=O)Nc3cccc(C)c3C)CC2)cc1. The molecule has 1 aliphatic heterocycles. The summed E-state index contributed by atoms with van der Waals surface area (Å²) >= 11 is 0. The van der Waals surface area contributed by atoms with Gasteiger partial charge < -0.3 is 10.1 Å². The van der Waals surface area contributed by atoms with Gasteiger partial charge in [0.2, 0.25) is 5.91 Å². The molecule has 0 spiro atoms. The van der Waals surface area contributed by atoms with Crippen LogP contribution in [0.15, 0.2) is 42.5 Å². The van der Waals surface area contributed by atoms with E-state index in [-0.39, 0.29) is 5.91 Å². The fraction of sp³-hybridized carbons (Fsp3) is 0.409. The second kappa shape index (κ2) is 9.02. The van der Waals surface area contributed by atoms with Crippen molar-refractivity contribution >= 4 is 11.6 Å². The third-order valence-electron chi connectivity index (χ3n) is 5.28. The fourth-order valence-electron chi connectivity index (χ4n) is 3.37. The number of piperazine rings is 1. The van der Waals surface area contributed by atoms with E-state index >= 15 is 0 Å². The van der Waals surface area contributed by atoms with Crippen molar-refractivity contribution in [3.63, 3.8) is 0 Å².